The molecule has 1 fully saturated rings. The van der Waals surface area contributed by atoms with Gasteiger partial charge in [0.05, 0.1) is 5.01 Å². The number of aryl methyl sites for hydroxylation is 1. The van der Waals surface area contributed by atoms with Crippen molar-refractivity contribution in [2.24, 2.45) is 11.3 Å². The number of carbonyl (C=O) groups excluding carboxylic acids is 1. The fourth-order valence-electron chi connectivity index (χ4n) is 2.99. The van der Waals surface area contributed by atoms with Crippen LogP contribution in [-0.2, 0) is 0 Å². The van der Waals surface area contributed by atoms with Crippen molar-refractivity contribution in [2.75, 3.05) is 19.6 Å². The summed E-state index contributed by atoms with van der Waals surface area (Å²) in [7, 11) is 0. The van der Waals surface area contributed by atoms with Crippen LogP contribution in [0.2, 0.25) is 0 Å². The first kappa shape index (κ1) is 17.3. The van der Waals surface area contributed by atoms with Gasteiger partial charge in [-0.25, -0.2) is 9.78 Å². The third-order valence-corrected chi connectivity index (χ3v) is 5.77. The molecule has 1 aromatic heterocycles. The third-order valence-electron chi connectivity index (χ3n) is 4.63. The first-order chi connectivity index (χ1) is 10.3. The minimum absolute atomic E-state index is 0.0764. The van der Waals surface area contributed by atoms with E-state index in [-0.39, 0.29) is 11.9 Å². The molecule has 1 atom stereocenters. The highest BCUT2D eigenvalue weighted by molar-refractivity contribution is 7.11. The van der Waals surface area contributed by atoms with E-state index in [9.17, 15) is 4.79 Å². The molecule has 22 heavy (non-hydrogen) atoms. The Balaban J connectivity index is 1.77. The predicted molar refractivity (Wildman–Crippen MR) is 92.4 cm³/mol. The van der Waals surface area contributed by atoms with Crippen molar-refractivity contribution in [1.29, 1.82) is 0 Å². The van der Waals surface area contributed by atoms with Gasteiger partial charge in [-0.3, -0.25) is 0 Å². The maximum Gasteiger partial charge on any atom is 0.317 e. The molecule has 1 N–H and O–H groups in total. The van der Waals surface area contributed by atoms with Gasteiger partial charge in [-0.1, -0.05) is 27.7 Å². The van der Waals surface area contributed by atoms with E-state index in [0.717, 1.165) is 30.9 Å². The number of aromatic nitrogens is 1. The molecule has 1 aromatic rings. The van der Waals surface area contributed by atoms with E-state index < -0.39 is 0 Å². The summed E-state index contributed by atoms with van der Waals surface area (Å²) in [5.74, 6) is 0.989. The number of hydrogen-bond acceptors (Lipinski definition) is 3. The number of nitrogens with zero attached hydrogens (tertiary/aromatic N) is 2. The van der Waals surface area contributed by atoms with Crippen molar-refractivity contribution in [2.45, 2.75) is 53.4 Å². The van der Waals surface area contributed by atoms with Crippen LogP contribution in [0.4, 0.5) is 4.79 Å². The summed E-state index contributed by atoms with van der Waals surface area (Å²) in [6.07, 6.45) is 4.12. The van der Waals surface area contributed by atoms with Crippen LogP contribution >= 0.6 is 11.3 Å². The zero-order valence-corrected chi connectivity index (χ0v) is 15.3. The van der Waals surface area contributed by atoms with Crippen LogP contribution in [-0.4, -0.2) is 35.5 Å². The average molecular weight is 324 g/mol. The molecule has 2 heterocycles. The van der Waals surface area contributed by atoms with Gasteiger partial charge in [0.15, 0.2) is 0 Å². The van der Waals surface area contributed by atoms with Crippen LogP contribution in [0.1, 0.15) is 56.3 Å². The molecule has 2 amide bonds. The third kappa shape index (κ3) is 4.45. The lowest BCUT2D eigenvalue weighted by Crippen LogP contribution is -2.46. The van der Waals surface area contributed by atoms with Gasteiger partial charge in [0.2, 0.25) is 0 Å². The molecule has 1 aliphatic heterocycles. The Morgan fingerprint density at radius 1 is 1.45 bits per heavy atom. The molecule has 0 spiro atoms. The van der Waals surface area contributed by atoms with Crippen molar-refractivity contribution in [3.8, 4) is 0 Å². The topological polar surface area (TPSA) is 45.2 Å². The number of rotatable bonds is 3. The van der Waals surface area contributed by atoms with Crippen LogP contribution < -0.4 is 5.32 Å². The van der Waals surface area contributed by atoms with Crippen LogP contribution in [0.15, 0.2) is 6.20 Å². The van der Waals surface area contributed by atoms with Gasteiger partial charge in [0, 0.05) is 36.6 Å². The lowest BCUT2D eigenvalue weighted by molar-refractivity contribution is 0.122. The molecular formula is C17H29N3OS. The molecule has 0 radical (unpaired) electrons. The lowest BCUT2D eigenvalue weighted by Gasteiger charge is -2.38. The largest absolute Gasteiger partial charge is 0.337 e. The molecular weight excluding hydrogens is 294 g/mol. The molecule has 0 unspecified atom stereocenters. The zero-order chi connectivity index (χ0) is 16.3. The number of amides is 2. The Morgan fingerprint density at radius 2 is 2.09 bits per heavy atom. The molecule has 2 rings (SSSR count). The van der Waals surface area contributed by atoms with Crippen molar-refractivity contribution >= 4 is 17.4 Å². The normalized spacial score (nSPS) is 18.3. The Kier molecular flexibility index (Phi) is 5.48. The standard InChI is InChI=1S/C17H29N3OS/c1-12(15-18-11-13(2)22-15)10-19-16(21)20-8-6-14(7-9-20)17(3,4)5/h11-12,14H,6-10H2,1-5H3,(H,19,21)/t12-/m0/s1. The molecule has 0 bridgehead atoms. The Labute approximate surface area is 138 Å². The first-order valence-electron chi connectivity index (χ1n) is 8.22. The number of hydrogen-bond donors (Lipinski definition) is 1. The molecule has 5 heteroatoms. The summed E-state index contributed by atoms with van der Waals surface area (Å²) >= 11 is 1.71. The second-order valence-corrected chi connectivity index (χ2v) is 8.79. The summed E-state index contributed by atoms with van der Waals surface area (Å²) < 4.78 is 0. The predicted octanol–water partition coefficient (Wildman–Crippen LogP) is 4.02. The van der Waals surface area contributed by atoms with E-state index in [2.05, 4.69) is 44.9 Å². The molecule has 0 saturated carbocycles. The summed E-state index contributed by atoms with van der Waals surface area (Å²) in [6, 6.07) is 0.0764. The minimum atomic E-state index is 0.0764. The number of urea groups is 1. The number of likely N-dealkylation sites (tertiary alicyclic amines) is 1. The van der Waals surface area contributed by atoms with Gasteiger partial charge < -0.3 is 10.2 Å². The van der Waals surface area contributed by atoms with E-state index >= 15 is 0 Å². The van der Waals surface area contributed by atoms with E-state index in [1.807, 2.05) is 11.1 Å². The highest BCUT2D eigenvalue weighted by atomic mass is 32.1. The zero-order valence-electron chi connectivity index (χ0n) is 14.5. The first-order valence-corrected chi connectivity index (χ1v) is 9.04. The van der Waals surface area contributed by atoms with Gasteiger partial charge in [0.1, 0.15) is 0 Å². The fraction of sp³-hybridized carbons (Fsp3) is 0.765. The van der Waals surface area contributed by atoms with Crippen LogP contribution in [0, 0.1) is 18.3 Å². The Hall–Kier alpha value is -1.10. The smallest absolute Gasteiger partial charge is 0.317 e. The van der Waals surface area contributed by atoms with Gasteiger partial charge >= 0.3 is 6.03 Å². The van der Waals surface area contributed by atoms with Crippen LogP contribution in [0.25, 0.3) is 0 Å². The van der Waals surface area contributed by atoms with E-state index in [1.54, 1.807) is 11.3 Å². The van der Waals surface area contributed by atoms with Crippen molar-refractivity contribution in [3.05, 3.63) is 16.1 Å². The molecule has 0 aromatic carbocycles. The quantitative estimate of drug-likeness (QED) is 0.913. The number of thiazole rings is 1. The minimum Gasteiger partial charge on any atom is -0.337 e. The second kappa shape index (κ2) is 6.99. The monoisotopic (exact) mass is 323 g/mol. The average Bonchev–Trinajstić information content (AvgIpc) is 2.90. The molecule has 0 aliphatic carbocycles. The van der Waals surface area contributed by atoms with Gasteiger partial charge in [-0.15, -0.1) is 11.3 Å². The molecule has 124 valence electrons. The Bertz CT molecular complexity index is 498. The van der Waals surface area contributed by atoms with Crippen LogP contribution in [0.3, 0.4) is 0 Å². The summed E-state index contributed by atoms with van der Waals surface area (Å²) in [5, 5.41) is 4.17. The molecule has 1 saturated heterocycles. The Morgan fingerprint density at radius 3 is 2.59 bits per heavy atom. The van der Waals surface area contributed by atoms with Crippen molar-refractivity contribution in [3.63, 3.8) is 0 Å². The van der Waals surface area contributed by atoms with Crippen molar-refractivity contribution in [1.82, 2.24) is 15.2 Å². The van der Waals surface area contributed by atoms with E-state index in [1.165, 1.54) is 4.88 Å². The second-order valence-electron chi connectivity index (χ2n) is 7.52. The number of carbonyl (C=O) groups is 1. The summed E-state index contributed by atoms with van der Waals surface area (Å²) in [6.45, 7) is 13.5. The van der Waals surface area contributed by atoms with Crippen LogP contribution in [0.5, 0.6) is 0 Å². The maximum absolute atomic E-state index is 12.3. The fourth-order valence-corrected chi connectivity index (χ4v) is 3.81. The summed E-state index contributed by atoms with van der Waals surface area (Å²) in [5.41, 5.74) is 0.347. The SMILES string of the molecule is Cc1cnc([C@@H](C)CNC(=O)N2CCC(C(C)(C)C)CC2)s1. The lowest BCUT2D eigenvalue weighted by atomic mass is 9.75. The molecule has 1 aliphatic rings. The number of nitrogens with one attached hydrogen (secondary N) is 1. The van der Waals surface area contributed by atoms with Gasteiger partial charge in [-0.05, 0) is 31.1 Å². The maximum atomic E-state index is 12.3. The highest BCUT2D eigenvalue weighted by Crippen LogP contribution is 2.34. The van der Waals surface area contributed by atoms with Gasteiger partial charge in [0.25, 0.3) is 0 Å². The van der Waals surface area contributed by atoms with Gasteiger partial charge in [-0.2, -0.15) is 0 Å². The number of piperidine rings is 1. The van der Waals surface area contributed by atoms with E-state index in [0.29, 0.717) is 17.9 Å². The highest BCUT2D eigenvalue weighted by Gasteiger charge is 2.30. The summed E-state index contributed by atoms with van der Waals surface area (Å²) in [4.78, 5) is 19.9. The van der Waals surface area contributed by atoms with E-state index in [4.69, 9.17) is 0 Å². The van der Waals surface area contributed by atoms with Crippen molar-refractivity contribution < 1.29 is 4.79 Å². The molecule has 4 nitrogen and oxygen atoms in total.